The molecule has 3 aliphatic rings. The molecule has 0 bridgehead atoms. The van der Waals surface area contributed by atoms with Crippen molar-refractivity contribution in [2.75, 3.05) is 6.54 Å². The van der Waals surface area contributed by atoms with Crippen molar-refractivity contribution < 1.29 is 33.4 Å². The van der Waals surface area contributed by atoms with Crippen LogP contribution in [0.1, 0.15) is 87.0 Å². The fourth-order valence-electron chi connectivity index (χ4n) is 5.58. The average molecular weight is 648 g/mol. The lowest BCUT2D eigenvalue weighted by Gasteiger charge is -2.46. The molecule has 0 aromatic carbocycles. The van der Waals surface area contributed by atoms with Gasteiger partial charge < -0.3 is 24.5 Å². The summed E-state index contributed by atoms with van der Waals surface area (Å²) in [7, 11) is 0. The molecule has 4 atom stereocenters. The van der Waals surface area contributed by atoms with Gasteiger partial charge in [0.1, 0.15) is 30.1 Å². The Morgan fingerprint density at radius 3 is 2.24 bits per heavy atom. The molecular weight excluding hydrogens is 602 g/mol. The number of carbonyl (C=O) groups is 5. The van der Waals surface area contributed by atoms with Gasteiger partial charge >= 0.3 is 6.09 Å². The number of pyridine rings is 1. The molecule has 1 aromatic heterocycles. The summed E-state index contributed by atoms with van der Waals surface area (Å²) in [5.41, 5.74) is -1.63. The number of amides is 3. The maximum absolute atomic E-state index is 14.7. The number of ketones is 1. The number of halogens is 1. The number of aromatic nitrogens is 1. The predicted molar refractivity (Wildman–Crippen MR) is 166 cm³/mol. The number of rotatable bonds is 11. The highest BCUT2D eigenvalue weighted by Crippen LogP contribution is 2.35. The number of nitrogens with zero attached hydrogens (tertiary/aromatic N) is 4. The van der Waals surface area contributed by atoms with Crippen LogP contribution in [0.4, 0.5) is 4.79 Å². The van der Waals surface area contributed by atoms with Gasteiger partial charge in [0, 0.05) is 30.8 Å². The number of hydrogen-bond donors (Lipinski definition) is 1. The van der Waals surface area contributed by atoms with E-state index in [0.717, 1.165) is 19.3 Å². The summed E-state index contributed by atoms with van der Waals surface area (Å²) in [4.78, 5) is 73.0. The van der Waals surface area contributed by atoms with Crippen molar-refractivity contribution in [3.05, 3.63) is 23.4 Å². The highest BCUT2D eigenvalue weighted by atomic mass is 35.5. The Kier molecular flexibility index (Phi) is 10.5. The van der Waals surface area contributed by atoms with Crippen molar-refractivity contribution in [3.63, 3.8) is 0 Å². The Morgan fingerprint density at radius 1 is 1.09 bits per heavy atom. The molecule has 1 aromatic rings. The largest absolute Gasteiger partial charge is 0.473 e. The van der Waals surface area contributed by atoms with Gasteiger partial charge in [0.15, 0.2) is 0 Å². The van der Waals surface area contributed by atoms with E-state index in [1.807, 2.05) is 20.8 Å². The van der Waals surface area contributed by atoms with Crippen molar-refractivity contribution in [2.45, 2.75) is 129 Å². The third kappa shape index (κ3) is 8.52. The molecule has 1 N–H and O–H groups in total. The maximum atomic E-state index is 14.7. The molecule has 0 radical (unpaired) electrons. The summed E-state index contributed by atoms with van der Waals surface area (Å²) < 4.78 is 11.9. The van der Waals surface area contributed by atoms with Crippen LogP contribution in [-0.4, -0.2) is 98.3 Å². The zero-order chi connectivity index (χ0) is 33.3. The van der Waals surface area contributed by atoms with Gasteiger partial charge in [-0.05, 0) is 71.3 Å². The van der Waals surface area contributed by atoms with Gasteiger partial charge in [-0.1, -0.05) is 32.4 Å². The van der Waals surface area contributed by atoms with Gasteiger partial charge in [-0.2, -0.15) is 5.01 Å². The summed E-state index contributed by atoms with van der Waals surface area (Å²) in [5.74, 6) is -1.54. The van der Waals surface area contributed by atoms with Gasteiger partial charge in [-0.3, -0.25) is 14.4 Å². The molecule has 248 valence electrons. The first-order valence-electron chi connectivity index (χ1n) is 15.7. The third-order valence-electron chi connectivity index (χ3n) is 8.30. The molecule has 12 nitrogen and oxygen atoms in total. The van der Waals surface area contributed by atoms with Crippen LogP contribution in [0, 0.1) is 5.41 Å². The first-order valence-corrected chi connectivity index (χ1v) is 16.1. The second-order valence-corrected chi connectivity index (χ2v) is 14.8. The van der Waals surface area contributed by atoms with E-state index in [4.69, 9.17) is 21.1 Å². The molecule has 0 spiro atoms. The fourth-order valence-corrected chi connectivity index (χ4v) is 5.69. The van der Waals surface area contributed by atoms with E-state index < -0.39 is 58.9 Å². The topological polar surface area (TPSA) is 138 Å². The Hall–Kier alpha value is -3.25. The van der Waals surface area contributed by atoms with Crippen molar-refractivity contribution in [1.82, 2.24) is 25.2 Å². The van der Waals surface area contributed by atoms with Gasteiger partial charge in [-0.25, -0.2) is 14.8 Å². The SMILES string of the molecule is C[C@@H](C(=O)C(=O)NC1CC1)N(C(=O)[C@@H]1C[C@@H](Oc2ccc(Cl)cn2)CN1N(C(=O)OC(C)(C)C)C(C=O)C(C)(C)C)C1CCC1. The van der Waals surface area contributed by atoms with E-state index in [1.165, 1.54) is 21.1 Å². The minimum atomic E-state index is -1.03. The molecular formula is C32H46ClN5O7. The summed E-state index contributed by atoms with van der Waals surface area (Å²) in [5, 5.41) is 5.93. The summed E-state index contributed by atoms with van der Waals surface area (Å²) in [6, 6.07) is -0.0579. The van der Waals surface area contributed by atoms with E-state index >= 15 is 0 Å². The average Bonchev–Trinajstić information content (AvgIpc) is 3.64. The number of hydrazine groups is 1. The number of aldehydes is 1. The van der Waals surface area contributed by atoms with E-state index in [9.17, 15) is 24.0 Å². The van der Waals surface area contributed by atoms with Crippen LogP contribution >= 0.6 is 11.6 Å². The number of nitrogens with one attached hydrogen (secondary N) is 1. The van der Waals surface area contributed by atoms with Crippen LogP contribution in [-0.2, 0) is 23.9 Å². The molecule has 4 rings (SSSR count). The second kappa shape index (κ2) is 13.6. The smallest absolute Gasteiger partial charge is 0.425 e. The Morgan fingerprint density at radius 2 is 1.76 bits per heavy atom. The zero-order valence-electron chi connectivity index (χ0n) is 27.2. The van der Waals surface area contributed by atoms with Gasteiger partial charge in [0.2, 0.25) is 17.6 Å². The van der Waals surface area contributed by atoms with Crippen molar-refractivity contribution in [3.8, 4) is 5.88 Å². The van der Waals surface area contributed by atoms with E-state index in [0.29, 0.717) is 24.2 Å². The normalized spacial score (nSPS) is 22.0. The number of carbonyl (C=O) groups excluding carboxylic acids is 5. The Bertz CT molecular complexity index is 1270. The minimum absolute atomic E-state index is 0.00808. The molecule has 1 unspecified atom stereocenters. The van der Waals surface area contributed by atoms with Crippen LogP contribution in [0.15, 0.2) is 18.3 Å². The molecule has 3 amide bonds. The highest BCUT2D eigenvalue weighted by molar-refractivity contribution is 6.38. The van der Waals surface area contributed by atoms with Crippen LogP contribution < -0.4 is 10.1 Å². The van der Waals surface area contributed by atoms with E-state index in [1.54, 1.807) is 39.8 Å². The fraction of sp³-hybridized carbons (Fsp3) is 0.688. The standard InChI is InChI=1S/C32H46ClN5O7/c1-19(27(40)28(41)35-21-12-13-21)37(22-9-8-10-22)29(42)24-15-23(44-26-14-11-20(33)16-34-26)17-36(24)38(25(18-39)31(2,3)4)30(43)45-32(5,6)7/h11,14,16,18-19,21-25H,8-10,12-13,15,17H2,1-7H3,(H,35,41)/t19-,23+,24-,25?/m0/s1. The molecule has 45 heavy (non-hydrogen) atoms. The number of hydrogen-bond acceptors (Lipinski definition) is 9. The van der Waals surface area contributed by atoms with Crippen LogP contribution in [0.3, 0.4) is 0 Å². The molecule has 13 heteroatoms. The Balaban J connectivity index is 1.72. The lowest BCUT2D eigenvalue weighted by molar-refractivity contribution is -0.159. The van der Waals surface area contributed by atoms with Crippen LogP contribution in [0.2, 0.25) is 5.02 Å². The summed E-state index contributed by atoms with van der Waals surface area (Å²) in [6.45, 7) is 12.2. The minimum Gasteiger partial charge on any atom is -0.473 e. The van der Waals surface area contributed by atoms with Crippen molar-refractivity contribution in [1.29, 1.82) is 0 Å². The molecule has 1 aliphatic heterocycles. The molecule has 1 saturated heterocycles. The maximum Gasteiger partial charge on any atom is 0.425 e. The number of Topliss-reactive ketones (excluding diaryl/α,β-unsaturated/α-hetero) is 1. The van der Waals surface area contributed by atoms with Gasteiger partial charge in [-0.15, -0.1) is 0 Å². The van der Waals surface area contributed by atoms with Gasteiger partial charge in [0.25, 0.3) is 5.91 Å². The first kappa shape index (κ1) is 34.6. The Labute approximate surface area is 270 Å². The lowest BCUT2D eigenvalue weighted by Crippen LogP contribution is -2.64. The summed E-state index contributed by atoms with van der Waals surface area (Å²) in [6.07, 6.45) is 4.73. The summed E-state index contributed by atoms with van der Waals surface area (Å²) >= 11 is 6.01. The van der Waals surface area contributed by atoms with Crippen molar-refractivity contribution in [2.24, 2.45) is 5.41 Å². The first-order chi connectivity index (χ1) is 21.0. The molecule has 2 saturated carbocycles. The third-order valence-corrected chi connectivity index (χ3v) is 8.53. The molecule has 2 heterocycles. The number of ether oxygens (including phenoxy) is 2. The molecule has 3 fully saturated rings. The molecule has 2 aliphatic carbocycles. The quantitative estimate of drug-likeness (QED) is 0.280. The van der Waals surface area contributed by atoms with Crippen molar-refractivity contribution >= 4 is 41.6 Å². The van der Waals surface area contributed by atoms with Crippen LogP contribution in [0.25, 0.3) is 0 Å². The van der Waals surface area contributed by atoms with E-state index in [-0.39, 0.29) is 30.9 Å². The second-order valence-electron chi connectivity index (χ2n) is 14.3. The lowest BCUT2D eigenvalue weighted by atomic mass is 9.87. The highest BCUT2D eigenvalue weighted by Gasteiger charge is 2.51. The predicted octanol–water partition coefficient (Wildman–Crippen LogP) is 3.94. The van der Waals surface area contributed by atoms with E-state index in [2.05, 4.69) is 10.3 Å². The van der Waals surface area contributed by atoms with Gasteiger partial charge in [0.05, 0.1) is 17.6 Å². The zero-order valence-corrected chi connectivity index (χ0v) is 28.0. The van der Waals surface area contributed by atoms with Crippen LogP contribution in [0.5, 0.6) is 5.88 Å². The monoisotopic (exact) mass is 647 g/mol.